The SMILES string of the molecule is CC(=O)Nc1ccc(N(C)C2(C)CCN(C(=O)C(NC(=O)c3cc(C(F)(F)F)ccc3F)C(C)C)CC2)cc1. The van der Waals surface area contributed by atoms with Crippen LogP contribution in [0, 0.1) is 11.7 Å². The Hall–Kier alpha value is -3.63. The van der Waals surface area contributed by atoms with Gasteiger partial charge in [-0.25, -0.2) is 4.39 Å². The smallest absolute Gasteiger partial charge is 0.369 e. The standard InChI is InChI=1S/C28H34F4N4O3/c1-17(2)24(34-25(38)22-16-19(28(30,31)32)6-11-23(22)29)26(39)36-14-12-27(4,13-15-36)35(5)21-9-7-20(8-10-21)33-18(3)37/h6-11,16-17,24H,12-15H2,1-5H3,(H,33,37)(H,34,38). The lowest BCUT2D eigenvalue weighted by Crippen LogP contribution is -2.57. The first kappa shape index (κ1) is 29.9. The summed E-state index contributed by atoms with van der Waals surface area (Å²) < 4.78 is 53.5. The first-order chi connectivity index (χ1) is 18.1. The third kappa shape index (κ3) is 7.07. The van der Waals surface area contributed by atoms with Gasteiger partial charge in [0.15, 0.2) is 0 Å². The minimum absolute atomic E-state index is 0.157. The van der Waals surface area contributed by atoms with E-state index in [1.165, 1.54) is 6.92 Å². The highest BCUT2D eigenvalue weighted by Gasteiger charge is 2.38. The van der Waals surface area contributed by atoms with Crippen LogP contribution in [0.15, 0.2) is 42.5 Å². The quantitative estimate of drug-likeness (QED) is 0.472. The first-order valence-corrected chi connectivity index (χ1v) is 12.7. The number of alkyl halides is 3. The van der Waals surface area contributed by atoms with Gasteiger partial charge in [0.2, 0.25) is 11.8 Å². The molecule has 39 heavy (non-hydrogen) atoms. The molecule has 2 N–H and O–H groups in total. The second kappa shape index (κ2) is 11.6. The van der Waals surface area contributed by atoms with E-state index in [2.05, 4.69) is 22.5 Å². The number of carbonyl (C=O) groups excluding carboxylic acids is 3. The van der Waals surface area contributed by atoms with Crippen LogP contribution in [0.5, 0.6) is 0 Å². The summed E-state index contributed by atoms with van der Waals surface area (Å²) >= 11 is 0. The Balaban J connectivity index is 1.68. The third-order valence-corrected chi connectivity index (χ3v) is 7.29. The molecular formula is C28H34F4N4O3. The molecule has 11 heteroatoms. The summed E-state index contributed by atoms with van der Waals surface area (Å²) in [5.74, 6) is -3.08. The lowest BCUT2D eigenvalue weighted by Gasteiger charge is -2.47. The summed E-state index contributed by atoms with van der Waals surface area (Å²) in [5.41, 5.74) is -0.547. The van der Waals surface area contributed by atoms with Gasteiger partial charge in [-0.15, -0.1) is 0 Å². The zero-order chi connectivity index (χ0) is 29.1. The number of carbonyl (C=O) groups is 3. The van der Waals surface area contributed by atoms with E-state index < -0.39 is 35.1 Å². The number of anilines is 2. The summed E-state index contributed by atoms with van der Waals surface area (Å²) in [6, 6.07) is 8.04. The van der Waals surface area contributed by atoms with E-state index in [0.29, 0.717) is 49.8 Å². The van der Waals surface area contributed by atoms with Crippen LogP contribution in [0.1, 0.15) is 56.5 Å². The second-order valence-corrected chi connectivity index (χ2v) is 10.5. The van der Waals surface area contributed by atoms with Crippen molar-refractivity contribution >= 4 is 29.1 Å². The number of piperidine rings is 1. The number of benzene rings is 2. The average Bonchev–Trinajstić information content (AvgIpc) is 2.86. The van der Waals surface area contributed by atoms with Crippen molar-refractivity contribution in [3.8, 4) is 0 Å². The Morgan fingerprint density at radius 1 is 1.03 bits per heavy atom. The lowest BCUT2D eigenvalue weighted by molar-refractivity contribution is -0.138. The molecule has 2 aromatic rings. The minimum atomic E-state index is -4.74. The fourth-order valence-electron chi connectivity index (χ4n) is 4.63. The minimum Gasteiger partial charge on any atom is -0.369 e. The number of hydrogen-bond donors (Lipinski definition) is 2. The highest BCUT2D eigenvalue weighted by molar-refractivity contribution is 5.98. The number of amides is 3. The number of rotatable bonds is 7. The first-order valence-electron chi connectivity index (χ1n) is 12.7. The van der Waals surface area contributed by atoms with E-state index in [4.69, 9.17) is 0 Å². The van der Waals surface area contributed by atoms with Gasteiger partial charge in [-0.2, -0.15) is 13.2 Å². The van der Waals surface area contributed by atoms with Gasteiger partial charge in [-0.3, -0.25) is 14.4 Å². The molecule has 1 aliphatic heterocycles. The van der Waals surface area contributed by atoms with E-state index in [-0.39, 0.29) is 23.3 Å². The van der Waals surface area contributed by atoms with Crippen LogP contribution in [0.4, 0.5) is 28.9 Å². The van der Waals surface area contributed by atoms with Crippen LogP contribution in [0.2, 0.25) is 0 Å². The predicted molar refractivity (Wildman–Crippen MR) is 141 cm³/mol. The van der Waals surface area contributed by atoms with Crippen molar-refractivity contribution < 1.29 is 31.9 Å². The van der Waals surface area contributed by atoms with Crippen LogP contribution in [-0.4, -0.2) is 54.3 Å². The van der Waals surface area contributed by atoms with Crippen molar-refractivity contribution in [1.29, 1.82) is 0 Å². The average molecular weight is 551 g/mol. The Morgan fingerprint density at radius 2 is 1.62 bits per heavy atom. The van der Waals surface area contributed by atoms with E-state index in [1.54, 1.807) is 18.7 Å². The molecule has 212 valence electrons. The molecule has 1 unspecified atom stereocenters. The van der Waals surface area contributed by atoms with Crippen molar-refractivity contribution in [3.63, 3.8) is 0 Å². The maximum absolute atomic E-state index is 14.2. The third-order valence-electron chi connectivity index (χ3n) is 7.29. The molecule has 0 radical (unpaired) electrons. The highest BCUT2D eigenvalue weighted by atomic mass is 19.4. The molecule has 3 rings (SSSR count). The molecule has 0 aromatic heterocycles. The fourth-order valence-corrected chi connectivity index (χ4v) is 4.63. The van der Waals surface area contributed by atoms with Gasteiger partial charge >= 0.3 is 6.18 Å². The molecule has 1 fully saturated rings. The summed E-state index contributed by atoms with van der Waals surface area (Å²) in [5, 5.41) is 5.19. The van der Waals surface area contributed by atoms with Gasteiger partial charge in [-0.1, -0.05) is 13.8 Å². The van der Waals surface area contributed by atoms with Crippen molar-refractivity contribution in [2.24, 2.45) is 5.92 Å². The highest BCUT2D eigenvalue weighted by Crippen LogP contribution is 2.33. The predicted octanol–water partition coefficient (Wildman–Crippen LogP) is 5.07. The Labute approximate surface area is 225 Å². The largest absolute Gasteiger partial charge is 0.416 e. The van der Waals surface area contributed by atoms with Gasteiger partial charge in [0, 0.05) is 44.0 Å². The molecule has 7 nitrogen and oxygen atoms in total. The Morgan fingerprint density at radius 3 is 2.13 bits per heavy atom. The molecule has 0 saturated carbocycles. The maximum Gasteiger partial charge on any atom is 0.416 e. The Kier molecular flexibility index (Phi) is 8.92. The Bertz CT molecular complexity index is 1210. The van der Waals surface area contributed by atoms with Crippen LogP contribution < -0.4 is 15.5 Å². The van der Waals surface area contributed by atoms with Gasteiger partial charge in [0.25, 0.3) is 5.91 Å². The zero-order valence-corrected chi connectivity index (χ0v) is 22.7. The molecule has 3 amide bonds. The molecule has 0 spiro atoms. The van der Waals surface area contributed by atoms with Crippen LogP contribution in [0.25, 0.3) is 0 Å². The molecule has 1 atom stereocenters. The maximum atomic E-state index is 14.2. The number of halogens is 4. The molecule has 1 aliphatic rings. The zero-order valence-electron chi connectivity index (χ0n) is 22.7. The molecule has 1 heterocycles. The summed E-state index contributed by atoms with van der Waals surface area (Å²) in [6.07, 6.45) is -3.48. The van der Waals surface area contributed by atoms with Gasteiger partial charge < -0.3 is 20.4 Å². The number of nitrogens with zero attached hydrogens (tertiary/aromatic N) is 2. The molecule has 1 saturated heterocycles. The van der Waals surface area contributed by atoms with E-state index in [1.807, 2.05) is 31.3 Å². The molecule has 0 aliphatic carbocycles. The van der Waals surface area contributed by atoms with Crippen LogP contribution >= 0.6 is 0 Å². The van der Waals surface area contributed by atoms with Crippen LogP contribution in [0.3, 0.4) is 0 Å². The van der Waals surface area contributed by atoms with Crippen molar-refractivity contribution in [2.45, 2.75) is 58.3 Å². The summed E-state index contributed by atoms with van der Waals surface area (Å²) in [7, 11) is 1.96. The molecule has 0 bridgehead atoms. The summed E-state index contributed by atoms with van der Waals surface area (Å²) in [6.45, 7) is 7.75. The number of likely N-dealkylation sites (tertiary alicyclic amines) is 1. The van der Waals surface area contributed by atoms with E-state index >= 15 is 0 Å². The number of nitrogens with one attached hydrogen (secondary N) is 2. The molecular weight excluding hydrogens is 516 g/mol. The lowest BCUT2D eigenvalue weighted by atomic mass is 9.87. The van der Waals surface area contributed by atoms with Gasteiger partial charge in [0.05, 0.1) is 11.1 Å². The molecule has 2 aromatic carbocycles. The van der Waals surface area contributed by atoms with Crippen molar-refractivity contribution in [1.82, 2.24) is 10.2 Å². The number of hydrogen-bond acceptors (Lipinski definition) is 4. The summed E-state index contributed by atoms with van der Waals surface area (Å²) in [4.78, 5) is 41.2. The van der Waals surface area contributed by atoms with Crippen molar-refractivity contribution in [2.75, 3.05) is 30.4 Å². The van der Waals surface area contributed by atoms with E-state index in [0.717, 1.165) is 5.69 Å². The van der Waals surface area contributed by atoms with Crippen molar-refractivity contribution in [3.05, 3.63) is 59.4 Å². The normalized spacial score (nSPS) is 16.0. The van der Waals surface area contributed by atoms with Gasteiger partial charge in [0.1, 0.15) is 11.9 Å². The fraction of sp³-hybridized carbons (Fsp3) is 0.464. The second-order valence-electron chi connectivity index (χ2n) is 10.5. The topological polar surface area (TPSA) is 81.8 Å². The van der Waals surface area contributed by atoms with E-state index in [9.17, 15) is 31.9 Å². The van der Waals surface area contributed by atoms with Crippen LogP contribution in [-0.2, 0) is 15.8 Å². The monoisotopic (exact) mass is 550 g/mol. The van der Waals surface area contributed by atoms with Gasteiger partial charge in [-0.05, 0) is 68.1 Å².